The molecule has 4 rings (SSSR count). The van der Waals surface area contributed by atoms with Crippen molar-refractivity contribution in [2.24, 2.45) is 5.92 Å². The van der Waals surface area contributed by atoms with Crippen LogP contribution in [0.4, 0.5) is 5.82 Å². The van der Waals surface area contributed by atoms with Gasteiger partial charge in [0, 0.05) is 46.9 Å². The Kier molecular flexibility index (Phi) is 4.21. The Balaban J connectivity index is 1.45. The first kappa shape index (κ1) is 15.0. The van der Waals surface area contributed by atoms with Crippen LogP contribution in [0.5, 0.6) is 0 Å². The Labute approximate surface area is 148 Å². The van der Waals surface area contributed by atoms with Crippen molar-refractivity contribution >= 4 is 51.2 Å². The molecule has 0 unspecified atom stereocenters. The predicted molar refractivity (Wildman–Crippen MR) is 100 cm³/mol. The van der Waals surface area contributed by atoms with Gasteiger partial charge < -0.3 is 15.2 Å². The van der Waals surface area contributed by atoms with Crippen LogP contribution in [-0.4, -0.2) is 50.6 Å². The maximum Gasteiger partial charge on any atom is 0.146 e. The van der Waals surface area contributed by atoms with Gasteiger partial charge in [0.25, 0.3) is 0 Å². The van der Waals surface area contributed by atoms with Crippen LogP contribution in [0.3, 0.4) is 0 Å². The molecule has 2 fully saturated rings. The number of nitrogens with zero attached hydrogens (tertiary/aromatic N) is 4. The van der Waals surface area contributed by atoms with Gasteiger partial charge in [-0.05, 0) is 41.4 Å². The lowest BCUT2D eigenvalue weighted by molar-refractivity contribution is 0.137. The third-order valence-electron chi connectivity index (χ3n) is 4.82. The average molecular weight is 429 g/mol. The second-order valence-electron chi connectivity index (χ2n) is 6.25. The van der Waals surface area contributed by atoms with E-state index in [9.17, 15) is 0 Å². The highest BCUT2D eigenvalue weighted by atomic mass is 127. The molecule has 1 saturated heterocycles. The summed E-state index contributed by atoms with van der Waals surface area (Å²) < 4.78 is 3.47. The molecule has 2 N–H and O–H groups in total. The number of nitrogens with two attached hydrogens (primary N) is 1. The van der Waals surface area contributed by atoms with E-state index in [1.807, 2.05) is 0 Å². The summed E-state index contributed by atoms with van der Waals surface area (Å²) in [7, 11) is 0. The van der Waals surface area contributed by atoms with Crippen molar-refractivity contribution in [3.05, 3.63) is 16.1 Å². The zero-order chi connectivity index (χ0) is 15.1. The number of thioether (sulfide) groups is 1. The van der Waals surface area contributed by atoms with E-state index in [2.05, 4.69) is 60.0 Å². The molecule has 1 saturated carbocycles. The minimum absolute atomic E-state index is 0.574. The van der Waals surface area contributed by atoms with Crippen LogP contribution in [0, 0.1) is 9.49 Å². The summed E-state index contributed by atoms with van der Waals surface area (Å²) in [5.74, 6) is 4.02. The fourth-order valence-corrected chi connectivity index (χ4v) is 5.36. The van der Waals surface area contributed by atoms with Crippen molar-refractivity contribution in [2.75, 3.05) is 36.9 Å². The molecule has 0 radical (unpaired) electrons. The third kappa shape index (κ3) is 2.71. The predicted octanol–water partition coefficient (Wildman–Crippen LogP) is 2.62. The Morgan fingerprint density at radius 1 is 1.27 bits per heavy atom. The van der Waals surface area contributed by atoms with E-state index in [0.717, 1.165) is 20.5 Å². The van der Waals surface area contributed by atoms with Gasteiger partial charge in [0.15, 0.2) is 0 Å². The SMILES string of the molecule is Nc1ncnc2c1c(I)cn2[C@H]1C[C@@H](CN2CCSCC2)C1. The van der Waals surface area contributed by atoms with E-state index in [4.69, 9.17) is 5.73 Å². The van der Waals surface area contributed by atoms with Crippen molar-refractivity contribution in [1.82, 2.24) is 19.4 Å². The topological polar surface area (TPSA) is 60.0 Å². The molecule has 0 aromatic carbocycles. The van der Waals surface area contributed by atoms with E-state index < -0.39 is 0 Å². The van der Waals surface area contributed by atoms with Crippen LogP contribution in [0.1, 0.15) is 18.9 Å². The molecule has 2 aromatic rings. The van der Waals surface area contributed by atoms with Crippen molar-refractivity contribution in [3.8, 4) is 0 Å². The largest absolute Gasteiger partial charge is 0.383 e. The zero-order valence-corrected chi connectivity index (χ0v) is 15.4. The molecule has 22 heavy (non-hydrogen) atoms. The van der Waals surface area contributed by atoms with Gasteiger partial charge in [0.05, 0.1) is 5.39 Å². The maximum atomic E-state index is 6.00. The van der Waals surface area contributed by atoms with Gasteiger partial charge in [0.1, 0.15) is 17.8 Å². The monoisotopic (exact) mass is 429 g/mol. The van der Waals surface area contributed by atoms with E-state index >= 15 is 0 Å². The number of nitrogen functional groups attached to an aromatic ring is 1. The Hall–Kier alpha value is -0.540. The number of anilines is 1. The lowest BCUT2D eigenvalue weighted by Gasteiger charge is -2.40. The Morgan fingerprint density at radius 2 is 2.05 bits per heavy atom. The number of fused-ring (bicyclic) bond motifs is 1. The first-order valence-electron chi connectivity index (χ1n) is 7.79. The van der Waals surface area contributed by atoms with Crippen LogP contribution >= 0.6 is 34.4 Å². The second-order valence-corrected chi connectivity index (χ2v) is 8.63. The molecule has 1 aliphatic carbocycles. The van der Waals surface area contributed by atoms with Crippen molar-refractivity contribution < 1.29 is 0 Å². The zero-order valence-electron chi connectivity index (χ0n) is 12.4. The highest BCUT2D eigenvalue weighted by Gasteiger charge is 2.33. The van der Waals surface area contributed by atoms with E-state index in [1.54, 1.807) is 6.33 Å². The van der Waals surface area contributed by atoms with E-state index in [1.165, 1.54) is 44.0 Å². The molecule has 7 heteroatoms. The fraction of sp³-hybridized carbons (Fsp3) is 0.600. The van der Waals surface area contributed by atoms with Gasteiger partial charge in [-0.2, -0.15) is 11.8 Å². The van der Waals surface area contributed by atoms with Crippen molar-refractivity contribution in [2.45, 2.75) is 18.9 Å². The van der Waals surface area contributed by atoms with Gasteiger partial charge in [-0.3, -0.25) is 0 Å². The molecule has 2 aromatic heterocycles. The average Bonchev–Trinajstić information content (AvgIpc) is 2.82. The van der Waals surface area contributed by atoms with Gasteiger partial charge >= 0.3 is 0 Å². The molecule has 0 bridgehead atoms. The van der Waals surface area contributed by atoms with Crippen LogP contribution in [-0.2, 0) is 0 Å². The molecule has 0 spiro atoms. The molecule has 2 aliphatic rings. The fourth-order valence-electron chi connectivity index (χ4n) is 3.57. The van der Waals surface area contributed by atoms with Crippen LogP contribution < -0.4 is 5.73 Å². The Bertz CT molecular complexity index is 676. The summed E-state index contributed by atoms with van der Waals surface area (Å²) in [5, 5.41) is 1.01. The summed E-state index contributed by atoms with van der Waals surface area (Å²) >= 11 is 4.42. The molecule has 3 heterocycles. The standard InChI is InChI=1S/C15H20IN5S/c16-12-8-21(15-13(12)14(17)18-9-19-15)11-5-10(6-11)7-20-1-3-22-4-2-20/h8-11H,1-7H2,(H2,17,18,19)/t10-,11+. The summed E-state index contributed by atoms with van der Waals surface area (Å²) in [5.41, 5.74) is 7.00. The quantitative estimate of drug-likeness (QED) is 0.761. The molecule has 118 valence electrons. The second kappa shape index (κ2) is 6.16. The van der Waals surface area contributed by atoms with Crippen LogP contribution in [0.25, 0.3) is 11.0 Å². The smallest absolute Gasteiger partial charge is 0.146 e. The first-order chi connectivity index (χ1) is 10.7. The lowest BCUT2D eigenvalue weighted by Crippen LogP contribution is -2.40. The molecule has 0 amide bonds. The summed E-state index contributed by atoms with van der Waals surface area (Å²) in [4.78, 5) is 11.2. The van der Waals surface area contributed by atoms with Gasteiger partial charge in [0.2, 0.25) is 0 Å². The number of hydrogen-bond donors (Lipinski definition) is 1. The van der Waals surface area contributed by atoms with Gasteiger partial charge in [-0.1, -0.05) is 0 Å². The van der Waals surface area contributed by atoms with Crippen LogP contribution in [0.15, 0.2) is 12.5 Å². The molecular weight excluding hydrogens is 409 g/mol. The molecule has 1 aliphatic heterocycles. The normalized spacial score (nSPS) is 26.2. The first-order valence-corrected chi connectivity index (χ1v) is 10.0. The highest BCUT2D eigenvalue weighted by Crippen LogP contribution is 2.41. The molecule has 5 nitrogen and oxygen atoms in total. The summed E-state index contributed by atoms with van der Waals surface area (Å²) in [6.07, 6.45) is 6.28. The lowest BCUT2D eigenvalue weighted by atomic mass is 9.79. The minimum Gasteiger partial charge on any atom is -0.383 e. The number of hydrogen-bond acceptors (Lipinski definition) is 5. The minimum atomic E-state index is 0.574. The van der Waals surface area contributed by atoms with Gasteiger partial charge in [-0.25, -0.2) is 9.97 Å². The van der Waals surface area contributed by atoms with Crippen molar-refractivity contribution in [3.63, 3.8) is 0 Å². The number of halogens is 1. The van der Waals surface area contributed by atoms with Gasteiger partial charge in [-0.15, -0.1) is 0 Å². The summed E-state index contributed by atoms with van der Waals surface area (Å²) in [6.45, 7) is 3.80. The van der Waals surface area contributed by atoms with Crippen LogP contribution in [0.2, 0.25) is 0 Å². The Morgan fingerprint density at radius 3 is 2.82 bits per heavy atom. The number of rotatable bonds is 3. The third-order valence-corrected chi connectivity index (χ3v) is 6.58. The van der Waals surface area contributed by atoms with E-state index in [-0.39, 0.29) is 0 Å². The number of aromatic nitrogens is 3. The molecule has 0 atom stereocenters. The van der Waals surface area contributed by atoms with E-state index in [0.29, 0.717) is 11.9 Å². The molecular formula is C15H20IN5S. The van der Waals surface area contributed by atoms with Crippen molar-refractivity contribution in [1.29, 1.82) is 0 Å². The highest BCUT2D eigenvalue weighted by molar-refractivity contribution is 14.1. The maximum absolute atomic E-state index is 6.00. The summed E-state index contributed by atoms with van der Waals surface area (Å²) in [6, 6.07) is 0.574.